The third-order valence-electron chi connectivity index (χ3n) is 7.43. The molecule has 0 bridgehead atoms. The van der Waals surface area contributed by atoms with Crippen LogP contribution in [0.1, 0.15) is 38.7 Å². The zero-order valence-corrected chi connectivity index (χ0v) is 24.9. The number of likely N-dealkylation sites (N-methyl/N-ethyl adjacent to an activating group) is 1. The first kappa shape index (κ1) is 31.4. The van der Waals surface area contributed by atoms with E-state index in [0.29, 0.717) is 23.7 Å². The molecule has 0 aromatic heterocycles. The largest absolute Gasteiger partial charge is 0.497 e. The predicted molar refractivity (Wildman–Crippen MR) is 155 cm³/mol. The number of carboxylic acids is 1. The summed E-state index contributed by atoms with van der Waals surface area (Å²) in [5.74, 6) is 0.226. The molecule has 1 aromatic carbocycles. The van der Waals surface area contributed by atoms with Crippen molar-refractivity contribution in [3.05, 3.63) is 65.1 Å². The maximum Gasteiger partial charge on any atom is 0.334 e. The van der Waals surface area contributed by atoms with E-state index >= 15 is 0 Å². The number of aliphatic carboxylic acids is 1. The lowest BCUT2D eigenvalue weighted by Crippen LogP contribution is -2.76. The van der Waals surface area contributed by atoms with E-state index in [0.717, 1.165) is 11.1 Å². The number of rotatable bonds is 8. The molecule has 0 radical (unpaired) electrons. The first-order valence-electron chi connectivity index (χ1n) is 14.3. The van der Waals surface area contributed by atoms with E-state index in [9.17, 15) is 24.3 Å². The van der Waals surface area contributed by atoms with Crippen LogP contribution in [0.3, 0.4) is 0 Å². The van der Waals surface area contributed by atoms with Crippen LogP contribution in [0.5, 0.6) is 5.75 Å². The number of hydrogen-bond acceptors (Lipinski definition) is 8. The molecule has 4 amide bonds. The number of nitrogens with zero attached hydrogens (tertiary/aromatic N) is 4. The van der Waals surface area contributed by atoms with Gasteiger partial charge < -0.3 is 34.4 Å². The molecular weight excluding hydrogens is 558 g/mol. The van der Waals surface area contributed by atoms with Crippen molar-refractivity contribution in [2.24, 2.45) is 0 Å². The molecule has 0 saturated carbocycles. The van der Waals surface area contributed by atoms with Crippen molar-refractivity contribution in [2.45, 2.75) is 51.9 Å². The highest BCUT2D eigenvalue weighted by Crippen LogP contribution is 2.30. The minimum Gasteiger partial charge on any atom is -0.497 e. The van der Waals surface area contributed by atoms with Crippen molar-refractivity contribution in [2.75, 3.05) is 40.6 Å². The summed E-state index contributed by atoms with van der Waals surface area (Å²) in [6.07, 6.45) is 4.97. The number of hydrogen-bond donors (Lipinski definition) is 2. The highest BCUT2D eigenvalue weighted by atomic mass is 16.7. The Kier molecular flexibility index (Phi) is 10.3. The van der Waals surface area contributed by atoms with Crippen molar-refractivity contribution in [1.29, 1.82) is 0 Å². The van der Waals surface area contributed by atoms with Crippen LogP contribution >= 0.6 is 0 Å². The third kappa shape index (κ3) is 7.11. The summed E-state index contributed by atoms with van der Waals surface area (Å²) >= 11 is 0. The van der Waals surface area contributed by atoms with Crippen molar-refractivity contribution < 1.29 is 38.5 Å². The monoisotopic (exact) mass is 597 g/mol. The van der Waals surface area contributed by atoms with Crippen LogP contribution in [0, 0.1) is 0 Å². The summed E-state index contributed by atoms with van der Waals surface area (Å²) in [4.78, 5) is 54.9. The Hall–Kier alpha value is -4.52. The topological polar surface area (TPSA) is 141 Å². The van der Waals surface area contributed by atoms with Gasteiger partial charge in [0.1, 0.15) is 23.7 Å². The molecule has 3 aliphatic heterocycles. The predicted octanol–water partition coefficient (Wildman–Crippen LogP) is 2.43. The number of nitrogens with one attached hydrogen (secondary N) is 1. The number of carbonyl (C=O) groups excluding carboxylic acids is 3. The van der Waals surface area contributed by atoms with Gasteiger partial charge in [-0.3, -0.25) is 14.4 Å². The summed E-state index contributed by atoms with van der Waals surface area (Å²) in [6.45, 7) is 4.46. The van der Waals surface area contributed by atoms with E-state index in [1.807, 2.05) is 44.2 Å². The third-order valence-corrected chi connectivity index (χ3v) is 7.43. The van der Waals surface area contributed by atoms with Crippen molar-refractivity contribution in [3.8, 4) is 5.75 Å². The molecule has 43 heavy (non-hydrogen) atoms. The van der Waals surface area contributed by atoms with E-state index in [1.54, 1.807) is 31.2 Å². The zero-order chi connectivity index (χ0) is 31.1. The lowest BCUT2D eigenvalue weighted by atomic mass is 10.0. The Morgan fingerprint density at radius 3 is 2.58 bits per heavy atom. The maximum atomic E-state index is 13.7. The van der Waals surface area contributed by atoms with E-state index in [1.165, 1.54) is 14.9 Å². The molecule has 232 valence electrons. The first-order valence-corrected chi connectivity index (χ1v) is 14.3. The highest BCUT2D eigenvalue weighted by molar-refractivity contribution is 5.92. The molecule has 0 spiro atoms. The number of fused-ring (bicyclic) bond motifs is 1. The number of piperazine rings is 1. The number of urea groups is 1. The lowest BCUT2D eigenvalue weighted by Gasteiger charge is -2.54. The van der Waals surface area contributed by atoms with Crippen molar-refractivity contribution in [3.63, 3.8) is 0 Å². The number of carboxylic acid groups (broad SMARTS) is 1. The van der Waals surface area contributed by atoms with Crippen LogP contribution < -0.4 is 10.1 Å². The van der Waals surface area contributed by atoms with Gasteiger partial charge in [-0.1, -0.05) is 38.1 Å². The summed E-state index contributed by atoms with van der Waals surface area (Å²) in [5, 5.41) is 15.2. The van der Waals surface area contributed by atoms with E-state index in [2.05, 4.69) is 5.32 Å². The van der Waals surface area contributed by atoms with Crippen LogP contribution in [0.4, 0.5) is 4.79 Å². The Bertz CT molecular complexity index is 1310. The first-order chi connectivity index (χ1) is 20.7. The fraction of sp³-hybridized carbons (Fsp3) is 0.467. The Labute approximate surface area is 250 Å². The molecule has 13 nitrogen and oxygen atoms in total. The van der Waals surface area contributed by atoms with Crippen LogP contribution in [0.25, 0.3) is 0 Å². The van der Waals surface area contributed by atoms with E-state index < -0.39 is 24.2 Å². The number of ether oxygens (including phenoxy) is 3. The fourth-order valence-electron chi connectivity index (χ4n) is 5.44. The average Bonchev–Trinajstić information content (AvgIpc) is 3.34. The molecule has 3 heterocycles. The van der Waals surface area contributed by atoms with Crippen LogP contribution in [-0.4, -0.2) is 102 Å². The van der Waals surface area contributed by atoms with Crippen LogP contribution in [0.2, 0.25) is 0 Å². The Balaban J connectivity index is 0.00000207. The Morgan fingerprint density at radius 1 is 1.14 bits per heavy atom. The smallest absolute Gasteiger partial charge is 0.334 e. The van der Waals surface area contributed by atoms with Crippen molar-refractivity contribution in [1.82, 2.24) is 25.1 Å². The second kappa shape index (κ2) is 14.1. The summed E-state index contributed by atoms with van der Waals surface area (Å²) in [5.41, 5.74) is 1.63. The van der Waals surface area contributed by atoms with Gasteiger partial charge in [0.2, 0.25) is 18.6 Å². The second-order valence-electron chi connectivity index (χ2n) is 10.1. The van der Waals surface area contributed by atoms with Gasteiger partial charge in [-0.05, 0) is 35.8 Å². The number of hydrazine groups is 1. The number of carbonyl (C=O) groups is 4. The summed E-state index contributed by atoms with van der Waals surface area (Å²) < 4.78 is 16.2. The quantitative estimate of drug-likeness (QED) is 0.462. The van der Waals surface area contributed by atoms with Crippen molar-refractivity contribution >= 4 is 23.8 Å². The van der Waals surface area contributed by atoms with Gasteiger partial charge in [0, 0.05) is 33.0 Å². The molecule has 2 fully saturated rings. The fourth-order valence-corrected chi connectivity index (χ4v) is 5.44. The van der Waals surface area contributed by atoms with E-state index in [-0.39, 0.29) is 57.6 Å². The molecule has 2 N–H and O–H groups in total. The van der Waals surface area contributed by atoms with Crippen LogP contribution in [-0.2, 0) is 30.4 Å². The molecule has 2 saturated heterocycles. The maximum absolute atomic E-state index is 13.7. The minimum atomic E-state index is -1.07. The molecule has 2 atom stereocenters. The van der Waals surface area contributed by atoms with Gasteiger partial charge in [-0.2, -0.15) is 0 Å². The number of allylic oxidation sites excluding steroid dienone is 2. The SMILES string of the molecule is CC.COc1ccc(CNC(=O)N2[C@H]3CN(CC4=CC5=C(CC=C4)OCO5)C(=O)C(CCC(=O)O)N3C(=O)CN2C)cc1. The summed E-state index contributed by atoms with van der Waals surface area (Å²) in [7, 11) is 3.21. The van der Waals surface area contributed by atoms with E-state index in [4.69, 9.17) is 14.2 Å². The standard InChI is InChI=1S/C28H33N5O8.C2H6/c1-30-16-25(34)32-21(10-11-26(35)36)27(37)31(14-19-4-3-5-22-23(12-19)41-17-40-22)15-24(32)33(30)28(38)29-13-18-6-8-20(39-2)9-7-18;1-2/h3-4,6-9,12,21,24H,5,10-11,13-17H2,1-2H3,(H,29,38)(H,35,36);1-2H3/t21?,24-;/m0./s1. The average molecular weight is 598 g/mol. The molecule has 4 aliphatic rings. The van der Waals surface area contributed by atoms with Crippen LogP contribution in [0.15, 0.2) is 59.6 Å². The lowest BCUT2D eigenvalue weighted by molar-refractivity contribution is -0.187. The molecule has 1 unspecified atom stereocenters. The second-order valence-corrected chi connectivity index (χ2v) is 10.1. The molecule has 1 aromatic rings. The number of methoxy groups -OCH3 is 1. The highest BCUT2D eigenvalue weighted by Gasteiger charge is 2.50. The van der Waals surface area contributed by atoms with Gasteiger partial charge in [0.25, 0.3) is 0 Å². The summed E-state index contributed by atoms with van der Waals surface area (Å²) in [6, 6.07) is 5.80. The van der Waals surface area contributed by atoms with Gasteiger partial charge >= 0.3 is 12.0 Å². The van der Waals surface area contributed by atoms with Gasteiger partial charge in [0.15, 0.2) is 5.76 Å². The number of amides is 4. The molecule has 1 aliphatic carbocycles. The van der Waals surface area contributed by atoms with Gasteiger partial charge in [-0.15, -0.1) is 0 Å². The molecule has 13 heteroatoms. The van der Waals surface area contributed by atoms with Gasteiger partial charge in [-0.25, -0.2) is 14.8 Å². The Morgan fingerprint density at radius 2 is 1.88 bits per heavy atom. The molecular formula is C30H39N5O8. The molecule has 5 rings (SSSR count). The van der Waals surface area contributed by atoms with Gasteiger partial charge in [0.05, 0.1) is 20.2 Å². The minimum absolute atomic E-state index is 0.0445. The zero-order valence-electron chi connectivity index (χ0n) is 24.9. The number of benzene rings is 1. The normalized spacial score (nSPS) is 21.5.